The average Bonchev–Trinajstić information content (AvgIpc) is 2.13. The highest BCUT2D eigenvalue weighted by Gasteiger charge is 2.21. The second kappa shape index (κ2) is 2.28. The molecule has 1 rings (SSSR count). The minimum absolute atomic E-state index is 0.112. The zero-order valence-electron chi connectivity index (χ0n) is 4.36. The predicted octanol–water partition coefficient (Wildman–Crippen LogP) is -0.351. The molecule has 0 aromatic rings. The molecule has 4 nitrogen and oxygen atoms in total. The SMILES string of the molecule is O=C1OCC=C1S(=O)O. The van der Waals surface area contributed by atoms with Gasteiger partial charge in [0.25, 0.3) is 0 Å². The van der Waals surface area contributed by atoms with Crippen LogP contribution in [-0.4, -0.2) is 21.3 Å². The smallest absolute Gasteiger partial charge is 0.349 e. The van der Waals surface area contributed by atoms with Gasteiger partial charge in [-0.15, -0.1) is 0 Å². The van der Waals surface area contributed by atoms with Crippen LogP contribution in [0, 0.1) is 0 Å². The highest BCUT2D eigenvalue weighted by Crippen LogP contribution is 2.08. The van der Waals surface area contributed by atoms with Crippen molar-refractivity contribution >= 4 is 17.0 Å². The molecule has 1 heterocycles. The van der Waals surface area contributed by atoms with Gasteiger partial charge in [0.05, 0.1) is 0 Å². The minimum Gasteiger partial charge on any atom is -0.457 e. The quantitative estimate of drug-likeness (QED) is 0.407. The van der Waals surface area contributed by atoms with E-state index in [1.807, 2.05) is 0 Å². The van der Waals surface area contributed by atoms with Crippen molar-refractivity contribution in [2.75, 3.05) is 6.61 Å². The summed E-state index contributed by atoms with van der Waals surface area (Å²) < 4.78 is 22.8. The molecular weight excluding hydrogens is 144 g/mol. The third-order valence-corrected chi connectivity index (χ3v) is 1.58. The summed E-state index contributed by atoms with van der Waals surface area (Å²) in [7, 11) is 0. The Hall–Kier alpha value is -0.680. The van der Waals surface area contributed by atoms with Gasteiger partial charge in [-0.2, -0.15) is 0 Å². The number of ether oxygens (including phenoxy) is 1. The molecule has 1 unspecified atom stereocenters. The van der Waals surface area contributed by atoms with E-state index in [1.165, 1.54) is 6.08 Å². The maximum Gasteiger partial charge on any atom is 0.349 e. The Morgan fingerprint density at radius 2 is 2.44 bits per heavy atom. The predicted molar refractivity (Wildman–Crippen MR) is 29.8 cm³/mol. The van der Waals surface area contributed by atoms with Crippen molar-refractivity contribution in [3.8, 4) is 0 Å². The fourth-order valence-corrected chi connectivity index (χ4v) is 0.902. The number of carbonyl (C=O) groups is 1. The van der Waals surface area contributed by atoms with E-state index in [9.17, 15) is 9.00 Å². The molecule has 0 fully saturated rings. The number of hydrogen-bond donors (Lipinski definition) is 1. The summed E-state index contributed by atoms with van der Waals surface area (Å²) in [5.41, 5.74) is 0. The number of cyclic esters (lactones) is 1. The van der Waals surface area contributed by atoms with E-state index in [-0.39, 0.29) is 11.5 Å². The molecular formula is C4H4O4S. The van der Waals surface area contributed by atoms with E-state index in [4.69, 9.17) is 4.55 Å². The molecule has 0 aliphatic carbocycles. The van der Waals surface area contributed by atoms with Gasteiger partial charge in [-0.1, -0.05) is 0 Å². The largest absolute Gasteiger partial charge is 0.457 e. The first-order chi connectivity index (χ1) is 4.22. The molecule has 1 aliphatic heterocycles. The van der Waals surface area contributed by atoms with Gasteiger partial charge in [-0.25, -0.2) is 9.00 Å². The third kappa shape index (κ3) is 1.17. The van der Waals surface area contributed by atoms with Gasteiger partial charge in [0.15, 0.2) is 16.0 Å². The Morgan fingerprint density at radius 3 is 2.67 bits per heavy atom. The monoisotopic (exact) mass is 148 g/mol. The number of hydrogen-bond acceptors (Lipinski definition) is 3. The zero-order chi connectivity index (χ0) is 6.85. The Labute approximate surface area is 53.8 Å². The van der Waals surface area contributed by atoms with Gasteiger partial charge in [-0.05, 0) is 6.08 Å². The molecule has 0 aromatic heterocycles. The van der Waals surface area contributed by atoms with E-state index in [2.05, 4.69) is 4.74 Å². The van der Waals surface area contributed by atoms with Crippen molar-refractivity contribution in [2.24, 2.45) is 0 Å². The lowest BCUT2D eigenvalue weighted by Gasteiger charge is -1.89. The number of esters is 1. The van der Waals surface area contributed by atoms with Gasteiger partial charge in [0.1, 0.15) is 6.61 Å². The molecule has 0 saturated heterocycles. The zero-order valence-corrected chi connectivity index (χ0v) is 5.18. The van der Waals surface area contributed by atoms with Crippen LogP contribution < -0.4 is 0 Å². The summed E-state index contributed by atoms with van der Waals surface area (Å²) in [4.78, 5) is 10.2. The van der Waals surface area contributed by atoms with Gasteiger partial charge in [0, 0.05) is 0 Å². The fraction of sp³-hybridized carbons (Fsp3) is 0.250. The number of rotatable bonds is 1. The molecule has 50 valence electrons. The Balaban J connectivity index is 2.80. The van der Waals surface area contributed by atoms with E-state index >= 15 is 0 Å². The maximum atomic E-state index is 10.4. The molecule has 1 N–H and O–H groups in total. The molecule has 1 atom stereocenters. The highest BCUT2D eigenvalue weighted by molar-refractivity contribution is 7.84. The molecule has 1 aliphatic rings. The normalized spacial score (nSPS) is 21.0. The van der Waals surface area contributed by atoms with Crippen LogP contribution in [0.1, 0.15) is 0 Å². The standard InChI is InChI=1S/C4H4O4S/c5-4-3(9(6)7)1-2-8-4/h1H,2H2,(H,6,7). The van der Waals surface area contributed by atoms with Gasteiger partial charge in [-0.3, -0.25) is 0 Å². The summed E-state index contributed by atoms with van der Waals surface area (Å²) in [5.74, 6) is -0.698. The topological polar surface area (TPSA) is 63.6 Å². The van der Waals surface area contributed by atoms with Gasteiger partial charge < -0.3 is 9.29 Å². The van der Waals surface area contributed by atoms with Crippen LogP contribution in [0.5, 0.6) is 0 Å². The fourth-order valence-electron chi connectivity index (χ4n) is 0.490. The Morgan fingerprint density at radius 1 is 1.78 bits per heavy atom. The van der Waals surface area contributed by atoms with Crippen molar-refractivity contribution in [1.29, 1.82) is 0 Å². The van der Waals surface area contributed by atoms with Gasteiger partial charge >= 0.3 is 5.97 Å². The van der Waals surface area contributed by atoms with Crippen LogP contribution in [0.2, 0.25) is 0 Å². The second-order valence-corrected chi connectivity index (χ2v) is 2.35. The Bertz CT molecular complexity index is 195. The lowest BCUT2D eigenvalue weighted by molar-refractivity contribution is -0.135. The summed E-state index contributed by atoms with van der Waals surface area (Å²) in [6, 6.07) is 0. The summed E-state index contributed by atoms with van der Waals surface area (Å²) in [5, 5.41) is 0. The molecule has 0 spiro atoms. The highest BCUT2D eigenvalue weighted by atomic mass is 32.2. The third-order valence-electron chi connectivity index (χ3n) is 0.872. The van der Waals surface area contributed by atoms with Crippen LogP contribution in [-0.2, 0) is 20.6 Å². The van der Waals surface area contributed by atoms with Crippen molar-refractivity contribution in [1.82, 2.24) is 0 Å². The van der Waals surface area contributed by atoms with Crippen LogP contribution in [0.4, 0.5) is 0 Å². The molecule has 0 aromatic carbocycles. The molecule has 0 radical (unpaired) electrons. The molecule has 0 amide bonds. The molecule has 0 bridgehead atoms. The molecule has 0 saturated carbocycles. The first-order valence-corrected chi connectivity index (χ1v) is 3.30. The summed E-state index contributed by atoms with van der Waals surface area (Å²) in [6.07, 6.45) is 1.29. The Kier molecular flexibility index (Phi) is 1.63. The van der Waals surface area contributed by atoms with Crippen LogP contribution >= 0.6 is 0 Å². The summed E-state index contributed by atoms with van der Waals surface area (Å²) >= 11 is -2.18. The average molecular weight is 148 g/mol. The van der Waals surface area contributed by atoms with E-state index in [0.29, 0.717) is 0 Å². The van der Waals surface area contributed by atoms with E-state index < -0.39 is 17.0 Å². The molecule has 9 heavy (non-hydrogen) atoms. The van der Waals surface area contributed by atoms with E-state index in [1.54, 1.807) is 0 Å². The van der Waals surface area contributed by atoms with Crippen molar-refractivity contribution < 1.29 is 18.3 Å². The van der Waals surface area contributed by atoms with Crippen molar-refractivity contribution in [3.63, 3.8) is 0 Å². The summed E-state index contributed by atoms with van der Waals surface area (Å²) in [6.45, 7) is 0.112. The first kappa shape index (κ1) is 6.44. The van der Waals surface area contributed by atoms with Crippen LogP contribution in [0.25, 0.3) is 0 Å². The molecule has 5 heteroatoms. The van der Waals surface area contributed by atoms with Crippen LogP contribution in [0.15, 0.2) is 11.0 Å². The van der Waals surface area contributed by atoms with E-state index in [0.717, 1.165) is 0 Å². The lowest BCUT2D eigenvalue weighted by Crippen LogP contribution is -2.03. The van der Waals surface area contributed by atoms with Crippen molar-refractivity contribution in [3.05, 3.63) is 11.0 Å². The maximum absolute atomic E-state index is 10.4. The van der Waals surface area contributed by atoms with Gasteiger partial charge in [0.2, 0.25) is 0 Å². The van der Waals surface area contributed by atoms with Crippen LogP contribution in [0.3, 0.4) is 0 Å². The first-order valence-electron chi connectivity index (χ1n) is 2.20. The lowest BCUT2D eigenvalue weighted by atomic mass is 10.6. The minimum atomic E-state index is -2.18. The number of carbonyl (C=O) groups excluding carboxylic acids is 1. The van der Waals surface area contributed by atoms with Crippen molar-refractivity contribution in [2.45, 2.75) is 0 Å². The second-order valence-electron chi connectivity index (χ2n) is 1.42.